The predicted octanol–water partition coefficient (Wildman–Crippen LogP) is 2.22. The lowest BCUT2D eigenvalue weighted by atomic mass is 10.1. The molecule has 0 unspecified atom stereocenters. The fourth-order valence-electron chi connectivity index (χ4n) is 1.42. The van der Waals surface area contributed by atoms with Gasteiger partial charge in [0.25, 0.3) is 0 Å². The van der Waals surface area contributed by atoms with Crippen LogP contribution in [0.3, 0.4) is 0 Å². The standard InChI is InChI=1S/C13H17NO4/c1-4-7-17-14-10(6-3)12-11(15)8-9(5-2)18-13(12)16/h4,8,15H,1,5-7H2,2-3H3. The highest BCUT2D eigenvalue weighted by atomic mass is 16.6. The lowest BCUT2D eigenvalue weighted by molar-refractivity contribution is 0.174. The highest BCUT2D eigenvalue weighted by Gasteiger charge is 2.16. The lowest BCUT2D eigenvalue weighted by Gasteiger charge is -2.06. The van der Waals surface area contributed by atoms with E-state index in [0.717, 1.165) is 0 Å². The smallest absolute Gasteiger partial charge is 0.349 e. The van der Waals surface area contributed by atoms with Crippen molar-refractivity contribution in [2.75, 3.05) is 6.61 Å². The van der Waals surface area contributed by atoms with Gasteiger partial charge >= 0.3 is 5.63 Å². The molecule has 1 rings (SSSR count). The molecule has 0 atom stereocenters. The normalized spacial score (nSPS) is 11.3. The van der Waals surface area contributed by atoms with Gasteiger partial charge in [-0.15, -0.1) is 0 Å². The third-order valence-corrected chi connectivity index (χ3v) is 2.32. The zero-order valence-corrected chi connectivity index (χ0v) is 10.6. The minimum absolute atomic E-state index is 0.0544. The molecule has 1 aromatic heterocycles. The number of rotatable bonds is 6. The average molecular weight is 251 g/mol. The van der Waals surface area contributed by atoms with Crippen LogP contribution in [0.1, 0.15) is 31.6 Å². The number of aryl methyl sites for hydroxylation is 1. The topological polar surface area (TPSA) is 72.0 Å². The maximum Gasteiger partial charge on any atom is 0.349 e. The maximum atomic E-state index is 11.8. The van der Waals surface area contributed by atoms with Crippen LogP contribution in [0.25, 0.3) is 0 Å². The molecule has 1 aromatic rings. The molecule has 5 heteroatoms. The SMILES string of the molecule is C=CCON=C(CC)c1c(O)cc(CC)oc1=O. The Bertz CT molecular complexity index is 502. The van der Waals surface area contributed by atoms with Crippen molar-refractivity contribution < 1.29 is 14.4 Å². The largest absolute Gasteiger partial charge is 0.507 e. The monoisotopic (exact) mass is 251 g/mol. The Labute approximate surface area is 105 Å². The molecule has 0 bridgehead atoms. The van der Waals surface area contributed by atoms with Crippen LogP contribution in [0.15, 0.2) is 33.1 Å². The van der Waals surface area contributed by atoms with Crippen LogP contribution in [-0.2, 0) is 11.3 Å². The van der Waals surface area contributed by atoms with E-state index in [1.54, 1.807) is 6.08 Å². The Balaban J connectivity index is 3.17. The molecule has 0 saturated carbocycles. The Kier molecular flexibility index (Phi) is 5.17. The fourth-order valence-corrected chi connectivity index (χ4v) is 1.42. The molecule has 1 heterocycles. The van der Waals surface area contributed by atoms with E-state index in [-0.39, 0.29) is 17.9 Å². The Hall–Kier alpha value is -2.04. The molecule has 98 valence electrons. The second-order valence-electron chi connectivity index (χ2n) is 3.59. The van der Waals surface area contributed by atoms with Crippen molar-refractivity contribution in [1.82, 2.24) is 0 Å². The summed E-state index contributed by atoms with van der Waals surface area (Å²) >= 11 is 0. The van der Waals surface area contributed by atoms with E-state index in [4.69, 9.17) is 9.25 Å². The van der Waals surface area contributed by atoms with E-state index in [0.29, 0.717) is 24.3 Å². The van der Waals surface area contributed by atoms with Crippen LogP contribution in [0.2, 0.25) is 0 Å². The summed E-state index contributed by atoms with van der Waals surface area (Å²) < 4.78 is 5.06. The highest BCUT2D eigenvalue weighted by molar-refractivity contribution is 6.01. The zero-order chi connectivity index (χ0) is 13.5. The summed E-state index contributed by atoms with van der Waals surface area (Å²) in [6, 6.07) is 1.43. The van der Waals surface area contributed by atoms with Gasteiger partial charge in [0.15, 0.2) is 0 Å². The van der Waals surface area contributed by atoms with Crippen LogP contribution < -0.4 is 5.63 Å². The molecule has 0 fully saturated rings. The van der Waals surface area contributed by atoms with Gasteiger partial charge < -0.3 is 14.4 Å². The number of nitrogens with zero attached hydrogens (tertiary/aromatic N) is 1. The molecule has 0 aliphatic carbocycles. The number of aromatic hydroxyl groups is 1. The fraction of sp³-hybridized carbons (Fsp3) is 0.385. The van der Waals surface area contributed by atoms with Crippen LogP contribution >= 0.6 is 0 Å². The third-order valence-electron chi connectivity index (χ3n) is 2.32. The second kappa shape index (κ2) is 6.64. The Morgan fingerprint density at radius 3 is 2.83 bits per heavy atom. The number of hydrogen-bond donors (Lipinski definition) is 1. The first-order valence-electron chi connectivity index (χ1n) is 5.80. The molecule has 0 amide bonds. The summed E-state index contributed by atoms with van der Waals surface area (Å²) in [6.07, 6.45) is 2.52. The van der Waals surface area contributed by atoms with E-state index in [1.807, 2.05) is 13.8 Å². The van der Waals surface area contributed by atoms with Crippen molar-refractivity contribution in [3.63, 3.8) is 0 Å². The van der Waals surface area contributed by atoms with E-state index in [1.165, 1.54) is 6.07 Å². The van der Waals surface area contributed by atoms with Crippen LogP contribution in [-0.4, -0.2) is 17.4 Å². The lowest BCUT2D eigenvalue weighted by Crippen LogP contribution is -2.15. The zero-order valence-electron chi connectivity index (χ0n) is 10.6. The molecule has 0 saturated heterocycles. The van der Waals surface area contributed by atoms with E-state index >= 15 is 0 Å². The number of oxime groups is 1. The highest BCUT2D eigenvalue weighted by Crippen LogP contribution is 2.17. The van der Waals surface area contributed by atoms with Crippen molar-refractivity contribution in [3.8, 4) is 5.75 Å². The quantitative estimate of drug-likeness (QED) is 0.364. The summed E-state index contributed by atoms with van der Waals surface area (Å²) in [6.45, 7) is 7.37. The molecule has 18 heavy (non-hydrogen) atoms. The summed E-state index contributed by atoms with van der Waals surface area (Å²) in [4.78, 5) is 16.7. The van der Waals surface area contributed by atoms with Gasteiger partial charge in [-0.05, 0) is 6.42 Å². The Morgan fingerprint density at radius 2 is 2.33 bits per heavy atom. The van der Waals surface area contributed by atoms with Crippen molar-refractivity contribution >= 4 is 5.71 Å². The van der Waals surface area contributed by atoms with E-state index < -0.39 is 5.63 Å². The first-order valence-corrected chi connectivity index (χ1v) is 5.80. The van der Waals surface area contributed by atoms with Crippen LogP contribution in [0.5, 0.6) is 5.75 Å². The van der Waals surface area contributed by atoms with E-state index in [9.17, 15) is 9.90 Å². The van der Waals surface area contributed by atoms with Gasteiger partial charge in [-0.25, -0.2) is 4.79 Å². The molecule has 0 aliphatic rings. The van der Waals surface area contributed by atoms with Gasteiger partial charge in [0, 0.05) is 12.5 Å². The second-order valence-corrected chi connectivity index (χ2v) is 3.59. The summed E-state index contributed by atoms with van der Waals surface area (Å²) in [5.74, 6) is 0.301. The van der Waals surface area contributed by atoms with Gasteiger partial charge in [-0.1, -0.05) is 31.7 Å². The molecule has 0 aliphatic heterocycles. The summed E-state index contributed by atoms with van der Waals surface area (Å²) in [7, 11) is 0. The van der Waals surface area contributed by atoms with Crippen LogP contribution in [0.4, 0.5) is 0 Å². The summed E-state index contributed by atoms with van der Waals surface area (Å²) in [5, 5.41) is 13.6. The number of hydrogen-bond acceptors (Lipinski definition) is 5. The van der Waals surface area contributed by atoms with Crippen molar-refractivity contribution in [2.45, 2.75) is 26.7 Å². The average Bonchev–Trinajstić information content (AvgIpc) is 2.35. The van der Waals surface area contributed by atoms with Gasteiger partial charge in [0.2, 0.25) is 0 Å². The molecule has 0 radical (unpaired) electrons. The minimum atomic E-state index is -0.602. The molecule has 1 N–H and O–H groups in total. The molecule has 5 nitrogen and oxygen atoms in total. The first-order chi connectivity index (χ1) is 8.63. The maximum absolute atomic E-state index is 11.8. The molecule has 0 spiro atoms. The van der Waals surface area contributed by atoms with Gasteiger partial charge in [0.1, 0.15) is 23.7 Å². The first kappa shape index (κ1) is 14.0. The van der Waals surface area contributed by atoms with Crippen molar-refractivity contribution in [3.05, 3.63) is 40.5 Å². The summed E-state index contributed by atoms with van der Waals surface area (Å²) in [5.41, 5.74) is -0.195. The van der Waals surface area contributed by atoms with Gasteiger partial charge in [-0.2, -0.15) is 0 Å². The minimum Gasteiger partial charge on any atom is -0.507 e. The Morgan fingerprint density at radius 1 is 1.61 bits per heavy atom. The van der Waals surface area contributed by atoms with Gasteiger partial charge in [-0.3, -0.25) is 0 Å². The van der Waals surface area contributed by atoms with Gasteiger partial charge in [0.05, 0.1) is 5.71 Å². The predicted molar refractivity (Wildman–Crippen MR) is 69.0 cm³/mol. The van der Waals surface area contributed by atoms with Crippen molar-refractivity contribution in [2.24, 2.45) is 5.16 Å². The molecular weight excluding hydrogens is 234 g/mol. The molecule has 0 aromatic carbocycles. The molecular formula is C13H17NO4. The van der Waals surface area contributed by atoms with E-state index in [2.05, 4.69) is 11.7 Å². The van der Waals surface area contributed by atoms with Crippen molar-refractivity contribution in [1.29, 1.82) is 0 Å². The third kappa shape index (κ3) is 3.23. The van der Waals surface area contributed by atoms with Crippen LogP contribution in [0, 0.1) is 0 Å².